The first-order valence-corrected chi connectivity index (χ1v) is 9.03. The molecule has 2 amide bonds. The first kappa shape index (κ1) is 20.0. The van der Waals surface area contributed by atoms with Gasteiger partial charge in [-0.2, -0.15) is 0 Å². The van der Waals surface area contributed by atoms with Gasteiger partial charge in [0.05, 0.1) is 12.3 Å². The number of piperazine rings is 1. The summed E-state index contributed by atoms with van der Waals surface area (Å²) in [6, 6.07) is 7.38. The van der Waals surface area contributed by atoms with Gasteiger partial charge in [0.25, 0.3) is 0 Å². The van der Waals surface area contributed by atoms with Crippen LogP contribution < -0.4 is 5.32 Å². The molecule has 0 radical (unpaired) electrons. The molecule has 0 spiro atoms. The largest absolute Gasteiger partial charge is 0.339 e. The number of carbonyl (C=O) groups is 2. The zero-order valence-electron chi connectivity index (χ0n) is 14.2. The molecular formula is C18H25Cl2N3O2. The average molecular weight is 386 g/mol. The van der Waals surface area contributed by atoms with E-state index in [0.29, 0.717) is 37.6 Å². The molecule has 5 nitrogen and oxygen atoms in total. The molecule has 3 rings (SSSR count). The van der Waals surface area contributed by atoms with Crippen molar-refractivity contribution in [3.63, 3.8) is 0 Å². The highest BCUT2D eigenvalue weighted by atomic mass is 35.5. The molecule has 0 aliphatic carbocycles. The number of piperidine rings is 1. The third-order valence-electron chi connectivity index (χ3n) is 4.86. The first-order valence-electron chi connectivity index (χ1n) is 8.65. The Morgan fingerprint density at radius 2 is 1.72 bits per heavy atom. The maximum absolute atomic E-state index is 12.5. The van der Waals surface area contributed by atoms with Crippen molar-refractivity contribution in [1.29, 1.82) is 0 Å². The van der Waals surface area contributed by atoms with Crippen LogP contribution in [0.15, 0.2) is 24.3 Å². The minimum atomic E-state index is 0. The van der Waals surface area contributed by atoms with Crippen molar-refractivity contribution >= 4 is 35.8 Å². The predicted molar refractivity (Wildman–Crippen MR) is 101 cm³/mol. The van der Waals surface area contributed by atoms with E-state index < -0.39 is 0 Å². The van der Waals surface area contributed by atoms with Crippen LogP contribution in [0, 0.1) is 5.92 Å². The Hall–Kier alpha value is -1.30. The molecule has 25 heavy (non-hydrogen) atoms. The summed E-state index contributed by atoms with van der Waals surface area (Å²) in [4.78, 5) is 28.7. The van der Waals surface area contributed by atoms with E-state index in [1.807, 2.05) is 21.9 Å². The molecule has 1 unspecified atom stereocenters. The fourth-order valence-electron chi connectivity index (χ4n) is 3.39. The van der Waals surface area contributed by atoms with Crippen LogP contribution in [0.5, 0.6) is 0 Å². The zero-order chi connectivity index (χ0) is 16.9. The van der Waals surface area contributed by atoms with Gasteiger partial charge in [0.15, 0.2) is 0 Å². The number of nitrogens with zero attached hydrogens (tertiary/aromatic N) is 2. The van der Waals surface area contributed by atoms with Crippen molar-refractivity contribution in [2.24, 2.45) is 5.92 Å². The van der Waals surface area contributed by atoms with Crippen LogP contribution in [0.3, 0.4) is 0 Å². The molecule has 2 fully saturated rings. The lowest BCUT2D eigenvalue weighted by molar-refractivity contribution is -0.142. The van der Waals surface area contributed by atoms with Crippen LogP contribution >= 0.6 is 24.0 Å². The topological polar surface area (TPSA) is 52.7 Å². The molecule has 2 aliphatic heterocycles. The second kappa shape index (κ2) is 9.41. The van der Waals surface area contributed by atoms with Gasteiger partial charge in [-0.15, -0.1) is 12.4 Å². The van der Waals surface area contributed by atoms with Gasteiger partial charge in [0, 0.05) is 37.7 Å². The van der Waals surface area contributed by atoms with E-state index in [2.05, 4.69) is 5.32 Å². The quantitative estimate of drug-likeness (QED) is 0.865. The van der Waals surface area contributed by atoms with E-state index >= 15 is 0 Å². The van der Waals surface area contributed by atoms with Crippen molar-refractivity contribution in [2.75, 3.05) is 39.3 Å². The molecule has 0 bridgehead atoms. The summed E-state index contributed by atoms with van der Waals surface area (Å²) in [7, 11) is 0. The average Bonchev–Trinajstić information content (AvgIpc) is 2.64. The molecule has 2 heterocycles. The fourth-order valence-corrected chi connectivity index (χ4v) is 3.51. The van der Waals surface area contributed by atoms with Crippen molar-refractivity contribution in [1.82, 2.24) is 15.1 Å². The van der Waals surface area contributed by atoms with Crippen LogP contribution in [-0.4, -0.2) is 60.9 Å². The fraction of sp³-hybridized carbons (Fsp3) is 0.556. The zero-order valence-corrected chi connectivity index (χ0v) is 15.8. The van der Waals surface area contributed by atoms with Crippen LogP contribution in [0.2, 0.25) is 5.02 Å². The van der Waals surface area contributed by atoms with Gasteiger partial charge in [-0.25, -0.2) is 0 Å². The number of amides is 2. The maximum Gasteiger partial charge on any atom is 0.227 e. The lowest BCUT2D eigenvalue weighted by Crippen LogP contribution is -2.53. The third-order valence-corrected chi connectivity index (χ3v) is 5.11. The first-order chi connectivity index (χ1) is 11.6. The number of benzene rings is 1. The Morgan fingerprint density at radius 3 is 2.32 bits per heavy atom. The van der Waals surface area contributed by atoms with E-state index in [-0.39, 0.29) is 30.1 Å². The van der Waals surface area contributed by atoms with Crippen LogP contribution in [0.1, 0.15) is 18.4 Å². The second-order valence-electron chi connectivity index (χ2n) is 6.55. The molecular weight excluding hydrogens is 361 g/mol. The summed E-state index contributed by atoms with van der Waals surface area (Å²) in [5, 5.41) is 3.97. The number of halogens is 2. The van der Waals surface area contributed by atoms with Gasteiger partial charge in [-0.3, -0.25) is 9.59 Å². The number of hydrogen-bond acceptors (Lipinski definition) is 3. The highest BCUT2D eigenvalue weighted by Crippen LogP contribution is 2.16. The molecule has 0 saturated carbocycles. The van der Waals surface area contributed by atoms with Gasteiger partial charge in [0.2, 0.25) is 11.8 Å². The molecule has 2 aliphatic rings. The number of carbonyl (C=O) groups excluding carboxylic acids is 2. The minimum absolute atomic E-state index is 0. The molecule has 138 valence electrons. The van der Waals surface area contributed by atoms with Crippen LogP contribution in [-0.2, 0) is 16.0 Å². The Labute approximate surface area is 160 Å². The number of rotatable bonds is 3. The van der Waals surface area contributed by atoms with Crippen LogP contribution in [0.25, 0.3) is 0 Å². The van der Waals surface area contributed by atoms with Gasteiger partial charge in [0.1, 0.15) is 0 Å². The molecule has 1 N–H and O–H groups in total. The summed E-state index contributed by atoms with van der Waals surface area (Å²) in [5.74, 6) is 0.464. The lowest BCUT2D eigenvalue weighted by atomic mass is 9.98. The Bertz CT molecular complexity index is 580. The predicted octanol–water partition coefficient (Wildman–Crippen LogP) is 1.97. The van der Waals surface area contributed by atoms with Gasteiger partial charge < -0.3 is 15.1 Å². The van der Waals surface area contributed by atoms with E-state index in [1.54, 1.807) is 12.1 Å². The second-order valence-corrected chi connectivity index (χ2v) is 6.99. The standard InChI is InChI=1S/C18H24ClN3O2.ClH/c19-16-5-3-14(4-6-16)12-17(23)21-8-10-22(11-9-21)18(24)15-2-1-7-20-13-15;/h3-6,15,20H,1-2,7-13H2;1H. The van der Waals surface area contributed by atoms with Gasteiger partial charge in [-0.05, 0) is 37.1 Å². The van der Waals surface area contributed by atoms with Crippen LogP contribution in [0.4, 0.5) is 0 Å². The normalized spacial score (nSPS) is 20.8. The highest BCUT2D eigenvalue weighted by molar-refractivity contribution is 6.30. The number of hydrogen-bond donors (Lipinski definition) is 1. The Morgan fingerprint density at radius 1 is 1.08 bits per heavy atom. The smallest absolute Gasteiger partial charge is 0.227 e. The summed E-state index contributed by atoms with van der Waals surface area (Å²) < 4.78 is 0. The molecule has 1 atom stereocenters. The van der Waals surface area contributed by atoms with Crippen molar-refractivity contribution in [3.05, 3.63) is 34.9 Å². The van der Waals surface area contributed by atoms with Gasteiger partial charge in [-0.1, -0.05) is 23.7 Å². The Balaban J connectivity index is 0.00000225. The Kier molecular flexibility index (Phi) is 7.54. The third kappa shape index (κ3) is 5.33. The maximum atomic E-state index is 12.5. The van der Waals surface area contributed by atoms with E-state index in [0.717, 1.165) is 31.5 Å². The lowest BCUT2D eigenvalue weighted by Gasteiger charge is -2.37. The van der Waals surface area contributed by atoms with Gasteiger partial charge >= 0.3 is 0 Å². The van der Waals surface area contributed by atoms with E-state index in [4.69, 9.17) is 11.6 Å². The van der Waals surface area contributed by atoms with Crippen molar-refractivity contribution in [2.45, 2.75) is 19.3 Å². The monoisotopic (exact) mass is 385 g/mol. The van der Waals surface area contributed by atoms with Crippen molar-refractivity contribution < 1.29 is 9.59 Å². The SMILES string of the molecule is Cl.O=C(Cc1ccc(Cl)cc1)N1CCN(C(=O)C2CCCNC2)CC1. The molecule has 1 aromatic carbocycles. The van der Waals surface area contributed by atoms with E-state index in [1.165, 1.54) is 0 Å². The summed E-state index contributed by atoms with van der Waals surface area (Å²) in [6.45, 7) is 4.32. The summed E-state index contributed by atoms with van der Waals surface area (Å²) in [6.07, 6.45) is 2.43. The molecule has 7 heteroatoms. The molecule has 0 aromatic heterocycles. The van der Waals surface area contributed by atoms with E-state index in [9.17, 15) is 9.59 Å². The van der Waals surface area contributed by atoms with Crippen molar-refractivity contribution in [3.8, 4) is 0 Å². The molecule has 1 aromatic rings. The summed E-state index contributed by atoms with van der Waals surface area (Å²) in [5.41, 5.74) is 0.969. The molecule has 2 saturated heterocycles. The minimum Gasteiger partial charge on any atom is -0.339 e. The highest BCUT2D eigenvalue weighted by Gasteiger charge is 2.29. The number of nitrogens with one attached hydrogen (secondary N) is 1. The summed E-state index contributed by atoms with van der Waals surface area (Å²) >= 11 is 5.87.